The van der Waals surface area contributed by atoms with Crippen molar-refractivity contribution in [3.05, 3.63) is 53.1 Å². The number of piperidine rings is 1. The fourth-order valence-corrected chi connectivity index (χ4v) is 9.71. The van der Waals surface area contributed by atoms with E-state index in [2.05, 4.69) is 45.1 Å². The zero-order valence-corrected chi connectivity index (χ0v) is 30.4. The molecule has 11 heteroatoms. The van der Waals surface area contributed by atoms with Crippen molar-refractivity contribution in [2.75, 3.05) is 47.4 Å². The highest BCUT2D eigenvalue weighted by Crippen LogP contribution is 2.66. The van der Waals surface area contributed by atoms with E-state index in [0.717, 1.165) is 90.5 Å². The summed E-state index contributed by atoms with van der Waals surface area (Å²) in [5, 5.41) is 1.08. The zero-order valence-electron chi connectivity index (χ0n) is 29.6. The first-order valence-corrected chi connectivity index (χ1v) is 19.6. The molecule has 1 aromatic heterocycles. The smallest absolute Gasteiger partial charge is 0.303 e. The number of likely N-dealkylation sites (tertiary alicyclic amines) is 1. The van der Waals surface area contributed by atoms with Crippen molar-refractivity contribution in [3.63, 3.8) is 0 Å². The van der Waals surface area contributed by atoms with Crippen LogP contribution in [-0.2, 0) is 21.5 Å². The lowest BCUT2D eigenvalue weighted by Crippen LogP contribution is -2.49. The highest BCUT2D eigenvalue weighted by molar-refractivity contribution is 7.87. The third-order valence-electron chi connectivity index (χ3n) is 12.0. The number of nitrogens with one attached hydrogen (secondary N) is 1. The molecule has 264 valence electrons. The third kappa shape index (κ3) is 5.85. The van der Waals surface area contributed by atoms with Gasteiger partial charge in [0.05, 0.1) is 18.2 Å². The average Bonchev–Trinajstić information content (AvgIpc) is 3.78. The SMILES string of the molecule is CCN(CC)C1CCN(C(=O)C23CC2c2cc(OC)ccc2-c2c(C4CCCCC4)c4ccc(C(=O)NS(=O)(=O)N(C)C)cc4n2C3)CC1. The predicted octanol–water partition coefficient (Wildman–Crippen LogP) is 5.72. The fourth-order valence-electron chi connectivity index (χ4n) is 9.18. The molecule has 7 rings (SSSR count). The first kappa shape index (κ1) is 34.1. The third-order valence-corrected chi connectivity index (χ3v) is 13.4. The molecule has 0 radical (unpaired) electrons. The number of methoxy groups -OCH3 is 1. The first-order chi connectivity index (χ1) is 23.5. The van der Waals surface area contributed by atoms with E-state index in [4.69, 9.17) is 4.74 Å². The normalized spacial score (nSPS) is 22.8. The molecule has 2 aliphatic carbocycles. The molecule has 10 nitrogen and oxygen atoms in total. The number of hydrogen-bond donors (Lipinski definition) is 1. The summed E-state index contributed by atoms with van der Waals surface area (Å²) in [6.07, 6.45) is 8.49. The molecule has 2 amide bonds. The Balaban J connectivity index is 1.36. The van der Waals surface area contributed by atoms with Crippen LogP contribution >= 0.6 is 0 Å². The van der Waals surface area contributed by atoms with Gasteiger partial charge in [0.1, 0.15) is 5.75 Å². The Kier molecular flexibility index (Phi) is 9.07. The zero-order chi connectivity index (χ0) is 34.7. The maximum absolute atomic E-state index is 14.8. The van der Waals surface area contributed by atoms with E-state index >= 15 is 0 Å². The van der Waals surface area contributed by atoms with Crippen LogP contribution in [0.25, 0.3) is 22.2 Å². The van der Waals surface area contributed by atoms with Gasteiger partial charge in [-0.15, -0.1) is 0 Å². The minimum absolute atomic E-state index is 0.0662. The summed E-state index contributed by atoms with van der Waals surface area (Å²) in [7, 11) is 0.509. The monoisotopic (exact) mass is 689 g/mol. The van der Waals surface area contributed by atoms with E-state index in [1.165, 1.54) is 44.5 Å². The molecular formula is C38H51N5O5S. The molecule has 1 N–H and O–H groups in total. The second kappa shape index (κ2) is 13.0. The van der Waals surface area contributed by atoms with Gasteiger partial charge in [-0.3, -0.25) is 9.59 Å². The molecule has 3 fully saturated rings. The summed E-state index contributed by atoms with van der Waals surface area (Å²) in [6.45, 7) is 8.50. The maximum Gasteiger partial charge on any atom is 0.303 e. The van der Waals surface area contributed by atoms with E-state index in [0.29, 0.717) is 18.5 Å². The number of nitrogens with zero attached hydrogens (tertiary/aromatic N) is 4. The van der Waals surface area contributed by atoms with Crippen molar-refractivity contribution in [1.29, 1.82) is 0 Å². The van der Waals surface area contributed by atoms with E-state index < -0.39 is 21.5 Å². The minimum atomic E-state index is -3.97. The molecule has 2 atom stereocenters. The van der Waals surface area contributed by atoms with E-state index in [1.807, 2.05) is 18.2 Å². The van der Waals surface area contributed by atoms with Crippen molar-refractivity contribution in [1.82, 2.24) is 23.4 Å². The maximum atomic E-state index is 14.8. The van der Waals surface area contributed by atoms with Gasteiger partial charge < -0.3 is 19.1 Å². The van der Waals surface area contributed by atoms with Gasteiger partial charge in [0.15, 0.2) is 0 Å². The van der Waals surface area contributed by atoms with Crippen molar-refractivity contribution >= 4 is 32.9 Å². The molecule has 1 saturated heterocycles. The lowest BCUT2D eigenvalue weighted by atomic mass is 9.81. The minimum Gasteiger partial charge on any atom is -0.497 e. The average molecular weight is 690 g/mol. The number of rotatable bonds is 9. The summed E-state index contributed by atoms with van der Waals surface area (Å²) < 4.78 is 36.4. The van der Waals surface area contributed by atoms with Crippen LogP contribution in [0.1, 0.15) is 98.5 Å². The molecule has 2 aliphatic heterocycles. The number of ether oxygens (including phenoxy) is 1. The summed E-state index contributed by atoms with van der Waals surface area (Å²) in [5.41, 5.74) is 5.29. The van der Waals surface area contributed by atoms with Gasteiger partial charge in [0.2, 0.25) is 5.91 Å². The van der Waals surface area contributed by atoms with Gasteiger partial charge in [0.25, 0.3) is 5.91 Å². The molecule has 2 saturated carbocycles. The van der Waals surface area contributed by atoms with Crippen molar-refractivity contribution < 1.29 is 22.7 Å². The van der Waals surface area contributed by atoms with E-state index in [1.54, 1.807) is 13.2 Å². The van der Waals surface area contributed by atoms with Crippen LogP contribution in [0.5, 0.6) is 5.75 Å². The van der Waals surface area contributed by atoms with Crippen molar-refractivity contribution in [2.24, 2.45) is 5.41 Å². The van der Waals surface area contributed by atoms with Crippen LogP contribution in [0.4, 0.5) is 0 Å². The lowest BCUT2D eigenvalue weighted by Gasteiger charge is -2.39. The molecule has 3 aromatic rings. The van der Waals surface area contributed by atoms with Crippen LogP contribution in [-0.4, -0.2) is 92.3 Å². The number of carbonyl (C=O) groups excluding carboxylic acids is 2. The Morgan fingerprint density at radius 1 is 0.980 bits per heavy atom. The number of carbonyl (C=O) groups is 2. The summed E-state index contributed by atoms with van der Waals surface area (Å²) >= 11 is 0. The van der Waals surface area contributed by atoms with Crippen molar-refractivity contribution in [2.45, 2.75) is 89.6 Å². The number of amides is 2. The molecule has 3 heterocycles. The van der Waals surface area contributed by atoms with Gasteiger partial charge in [-0.1, -0.05) is 39.2 Å². The standard InChI is InChI=1S/C38H51N5O5S/c1-6-41(7-2)27-17-19-42(20-18-27)37(45)38-23-32(38)31-22-28(48-5)14-16-29(31)35-34(25-11-9-8-10-12-25)30-15-13-26(21-33(30)43(35)24-38)36(44)39-49(46,47)40(3)4/h13-16,21-22,25,27,32H,6-12,17-20,23-24H2,1-5H3,(H,39,44). The largest absolute Gasteiger partial charge is 0.497 e. The van der Waals surface area contributed by atoms with Crippen LogP contribution in [0.3, 0.4) is 0 Å². The number of hydrogen-bond acceptors (Lipinski definition) is 6. The highest BCUT2D eigenvalue weighted by atomic mass is 32.2. The van der Waals surface area contributed by atoms with Crippen LogP contribution in [0.15, 0.2) is 36.4 Å². The summed E-state index contributed by atoms with van der Waals surface area (Å²) in [6, 6.07) is 12.4. The molecule has 2 aromatic carbocycles. The van der Waals surface area contributed by atoms with Gasteiger partial charge in [-0.2, -0.15) is 12.7 Å². The molecule has 2 unspecified atom stereocenters. The van der Waals surface area contributed by atoms with Gasteiger partial charge in [-0.05, 0) is 92.6 Å². The Labute approximate surface area is 290 Å². The Morgan fingerprint density at radius 3 is 2.35 bits per heavy atom. The van der Waals surface area contributed by atoms with Crippen molar-refractivity contribution in [3.8, 4) is 17.0 Å². The van der Waals surface area contributed by atoms with E-state index in [9.17, 15) is 18.0 Å². The lowest BCUT2D eigenvalue weighted by molar-refractivity contribution is -0.139. The van der Waals surface area contributed by atoms with Gasteiger partial charge >= 0.3 is 10.2 Å². The molecular weight excluding hydrogens is 639 g/mol. The number of aromatic nitrogens is 1. The Morgan fingerprint density at radius 2 is 1.69 bits per heavy atom. The molecule has 4 aliphatic rings. The predicted molar refractivity (Wildman–Crippen MR) is 192 cm³/mol. The summed E-state index contributed by atoms with van der Waals surface area (Å²) in [4.78, 5) is 32.8. The fraction of sp³-hybridized carbons (Fsp3) is 0.579. The topological polar surface area (TPSA) is 104 Å². The van der Waals surface area contributed by atoms with Crippen LogP contribution < -0.4 is 9.46 Å². The first-order valence-electron chi connectivity index (χ1n) is 18.1. The van der Waals surface area contributed by atoms with Gasteiger partial charge in [0, 0.05) is 67.7 Å². The molecule has 0 bridgehead atoms. The Bertz CT molecular complexity index is 1870. The number of benzene rings is 2. The summed E-state index contributed by atoms with van der Waals surface area (Å²) in [5.74, 6) is 0.768. The van der Waals surface area contributed by atoms with E-state index in [-0.39, 0.29) is 17.4 Å². The highest BCUT2D eigenvalue weighted by Gasteiger charge is 2.64. The van der Waals surface area contributed by atoms with Crippen LogP contribution in [0.2, 0.25) is 0 Å². The second-order valence-electron chi connectivity index (χ2n) is 14.7. The quantitative estimate of drug-likeness (QED) is 0.308. The van der Waals surface area contributed by atoms with Gasteiger partial charge in [-0.25, -0.2) is 4.72 Å². The molecule has 49 heavy (non-hydrogen) atoms. The number of fused-ring (bicyclic) bond motifs is 7. The Hall–Kier alpha value is -3.41. The second-order valence-corrected chi connectivity index (χ2v) is 16.6. The molecule has 0 spiro atoms. The van der Waals surface area contributed by atoms with Crippen LogP contribution in [0, 0.1) is 5.41 Å².